The lowest BCUT2D eigenvalue weighted by Gasteiger charge is -2.32. The average molecular weight is 447 g/mol. The van der Waals surface area contributed by atoms with Gasteiger partial charge in [-0.1, -0.05) is 31.2 Å². The van der Waals surface area contributed by atoms with Crippen molar-refractivity contribution in [3.05, 3.63) is 82.1 Å². The van der Waals surface area contributed by atoms with Crippen molar-refractivity contribution in [3.63, 3.8) is 0 Å². The highest BCUT2D eigenvalue weighted by Gasteiger charge is 2.25. The van der Waals surface area contributed by atoms with Crippen LogP contribution in [0, 0.1) is 5.92 Å². The minimum absolute atomic E-state index is 0.0213. The number of methoxy groups -OCH3 is 1. The molecule has 0 bridgehead atoms. The molecule has 0 unspecified atom stereocenters. The summed E-state index contributed by atoms with van der Waals surface area (Å²) in [6, 6.07) is 18.9. The van der Waals surface area contributed by atoms with Gasteiger partial charge in [-0.15, -0.1) is 5.10 Å². The SMILES string of the molecule is CCc1ccc(-n2nc(N3CCC(C(=O)NCc4ccc(OC)cc4)CC3)ccc2=O)cc1. The summed E-state index contributed by atoms with van der Waals surface area (Å²) in [6.45, 7) is 4.05. The Morgan fingerprint density at radius 2 is 1.67 bits per heavy atom. The summed E-state index contributed by atoms with van der Waals surface area (Å²) in [5, 5.41) is 7.65. The van der Waals surface area contributed by atoms with E-state index in [4.69, 9.17) is 4.74 Å². The van der Waals surface area contributed by atoms with Gasteiger partial charge < -0.3 is 15.0 Å². The van der Waals surface area contributed by atoms with Crippen LogP contribution in [0.4, 0.5) is 5.82 Å². The third kappa shape index (κ3) is 5.42. The fourth-order valence-electron chi connectivity index (χ4n) is 4.08. The first-order valence-corrected chi connectivity index (χ1v) is 11.4. The smallest absolute Gasteiger partial charge is 0.271 e. The van der Waals surface area contributed by atoms with Crippen molar-refractivity contribution in [2.75, 3.05) is 25.1 Å². The Hall–Kier alpha value is -3.61. The number of anilines is 1. The summed E-state index contributed by atoms with van der Waals surface area (Å²) >= 11 is 0. The van der Waals surface area contributed by atoms with Gasteiger partial charge >= 0.3 is 0 Å². The third-order valence-corrected chi connectivity index (χ3v) is 6.19. The monoisotopic (exact) mass is 446 g/mol. The molecule has 33 heavy (non-hydrogen) atoms. The number of amides is 1. The fourth-order valence-corrected chi connectivity index (χ4v) is 4.08. The standard InChI is InChI=1S/C26H30N4O3/c1-3-19-4-8-22(9-5-19)30-25(31)13-12-24(28-30)29-16-14-21(15-17-29)26(32)27-18-20-6-10-23(33-2)11-7-20/h4-13,21H,3,14-18H2,1-2H3,(H,27,32). The number of benzene rings is 2. The molecule has 1 saturated heterocycles. The lowest BCUT2D eigenvalue weighted by molar-refractivity contribution is -0.125. The van der Waals surface area contributed by atoms with Crippen molar-refractivity contribution in [1.29, 1.82) is 0 Å². The second-order valence-corrected chi connectivity index (χ2v) is 8.29. The molecule has 2 heterocycles. The van der Waals surface area contributed by atoms with E-state index < -0.39 is 0 Å². The first-order valence-electron chi connectivity index (χ1n) is 11.4. The van der Waals surface area contributed by atoms with Crippen molar-refractivity contribution in [2.24, 2.45) is 5.92 Å². The fraction of sp³-hybridized carbons (Fsp3) is 0.346. The van der Waals surface area contributed by atoms with Gasteiger partial charge in [0.05, 0.1) is 12.8 Å². The first-order chi connectivity index (χ1) is 16.1. The van der Waals surface area contributed by atoms with Crippen LogP contribution >= 0.6 is 0 Å². The third-order valence-electron chi connectivity index (χ3n) is 6.19. The Morgan fingerprint density at radius 1 is 1.00 bits per heavy atom. The van der Waals surface area contributed by atoms with Crippen LogP contribution in [-0.4, -0.2) is 35.9 Å². The van der Waals surface area contributed by atoms with Gasteiger partial charge in [-0.2, -0.15) is 4.68 Å². The molecule has 1 aliphatic heterocycles. The van der Waals surface area contributed by atoms with Gasteiger partial charge in [-0.05, 0) is 60.7 Å². The molecule has 1 aromatic heterocycles. The topological polar surface area (TPSA) is 76.5 Å². The Morgan fingerprint density at radius 3 is 2.30 bits per heavy atom. The molecule has 0 radical (unpaired) electrons. The van der Waals surface area contributed by atoms with Crippen molar-refractivity contribution >= 4 is 11.7 Å². The zero-order valence-electron chi connectivity index (χ0n) is 19.2. The highest BCUT2D eigenvalue weighted by Crippen LogP contribution is 2.22. The molecular formula is C26H30N4O3. The maximum absolute atomic E-state index is 12.7. The van der Waals surface area contributed by atoms with Gasteiger partial charge in [0.2, 0.25) is 5.91 Å². The summed E-state index contributed by atoms with van der Waals surface area (Å²) in [7, 11) is 1.64. The van der Waals surface area contributed by atoms with Crippen molar-refractivity contribution in [3.8, 4) is 11.4 Å². The summed E-state index contributed by atoms with van der Waals surface area (Å²) in [6.07, 6.45) is 2.45. The summed E-state index contributed by atoms with van der Waals surface area (Å²) in [4.78, 5) is 27.2. The first kappa shape index (κ1) is 22.6. The molecule has 1 amide bonds. The van der Waals surface area contributed by atoms with E-state index in [0.717, 1.165) is 55.2 Å². The van der Waals surface area contributed by atoms with E-state index in [-0.39, 0.29) is 17.4 Å². The molecule has 4 rings (SSSR count). The Balaban J connectivity index is 1.35. The van der Waals surface area contributed by atoms with Crippen LogP contribution in [0.2, 0.25) is 0 Å². The van der Waals surface area contributed by atoms with E-state index in [2.05, 4.69) is 22.2 Å². The lowest BCUT2D eigenvalue weighted by atomic mass is 9.96. The van der Waals surface area contributed by atoms with Gasteiger partial charge in [0.1, 0.15) is 11.6 Å². The number of hydrogen-bond donors (Lipinski definition) is 1. The molecule has 1 N–H and O–H groups in total. The Bertz CT molecular complexity index is 1130. The number of rotatable bonds is 7. The second-order valence-electron chi connectivity index (χ2n) is 8.29. The van der Waals surface area contributed by atoms with E-state index in [1.165, 1.54) is 10.2 Å². The Labute approximate surface area is 194 Å². The number of aromatic nitrogens is 2. The average Bonchev–Trinajstić information content (AvgIpc) is 2.88. The van der Waals surface area contributed by atoms with Gasteiger partial charge in [-0.3, -0.25) is 9.59 Å². The van der Waals surface area contributed by atoms with Crippen LogP contribution < -0.4 is 20.5 Å². The number of aryl methyl sites for hydroxylation is 1. The molecule has 3 aromatic rings. The van der Waals surface area contributed by atoms with Gasteiger partial charge in [0.15, 0.2) is 0 Å². The van der Waals surface area contributed by atoms with Gasteiger partial charge in [0.25, 0.3) is 5.56 Å². The van der Waals surface area contributed by atoms with E-state index in [9.17, 15) is 9.59 Å². The Kier molecular flexibility index (Phi) is 7.07. The zero-order chi connectivity index (χ0) is 23.2. The number of carbonyl (C=O) groups excluding carboxylic acids is 1. The molecule has 0 atom stereocenters. The lowest BCUT2D eigenvalue weighted by Crippen LogP contribution is -2.41. The van der Waals surface area contributed by atoms with E-state index >= 15 is 0 Å². The number of hydrogen-bond acceptors (Lipinski definition) is 5. The normalized spacial score (nSPS) is 14.2. The number of nitrogens with zero attached hydrogens (tertiary/aromatic N) is 3. The largest absolute Gasteiger partial charge is 0.497 e. The maximum atomic E-state index is 12.7. The predicted molar refractivity (Wildman–Crippen MR) is 129 cm³/mol. The van der Waals surface area contributed by atoms with E-state index in [1.54, 1.807) is 19.2 Å². The quantitative estimate of drug-likeness (QED) is 0.602. The highest BCUT2D eigenvalue weighted by molar-refractivity contribution is 5.79. The van der Waals surface area contributed by atoms with Crippen molar-refractivity contribution in [2.45, 2.75) is 32.7 Å². The zero-order valence-corrected chi connectivity index (χ0v) is 19.2. The summed E-state index contributed by atoms with van der Waals surface area (Å²) < 4.78 is 6.62. The van der Waals surface area contributed by atoms with Crippen LogP contribution in [0.5, 0.6) is 5.75 Å². The molecular weight excluding hydrogens is 416 g/mol. The molecule has 172 valence electrons. The second kappa shape index (κ2) is 10.3. The number of ether oxygens (including phenoxy) is 1. The van der Waals surface area contributed by atoms with Crippen molar-refractivity contribution < 1.29 is 9.53 Å². The molecule has 2 aromatic carbocycles. The van der Waals surface area contributed by atoms with Gasteiger partial charge in [-0.25, -0.2) is 0 Å². The molecule has 1 aliphatic rings. The summed E-state index contributed by atoms with van der Waals surface area (Å²) in [5.41, 5.74) is 2.86. The van der Waals surface area contributed by atoms with Crippen LogP contribution in [0.25, 0.3) is 5.69 Å². The molecule has 0 saturated carbocycles. The van der Waals surface area contributed by atoms with Crippen LogP contribution in [0.1, 0.15) is 30.9 Å². The van der Waals surface area contributed by atoms with Crippen molar-refractivity contribution in [1.82, 2.24) is 15.1 Å². The molecule has 7 heteroatoms. The van der Waals surface area contributed by atoms with Crippen LogP contribution in [0.3, 0.4) is 0 Å². The minimum Gasteiger partial charge on any atom is -0.497 e. The van der Waals surface area contributed by atoms with E-state index in [0.29, 0.717) is 6.54 Å². The molecule has 0 spiro atoms. The minimum atomic E-state index is -0.157. The number of nitrogens with one attached hydrogen (secondary N) is 1. The number of carbonyl (C=O) groups is 1. The van der Waals surface area contributed by atoms with Crippen LogP contribution in [-0.2, 0) is 17.8 Å². The number of piperidine rings is 1. The highest BCUT2D eigenvalue weighted by atomic mass is 16.5. The van der Waals surface area contributed by atoms with Crippen LogP contribution in [0.15, 0.2) is 65.5 Å². The molecule has 0 aliphatic carbocycles. The molecule has 1 fully saturated rings. The molecule has 7 nitrogen and oxygen atoms in total. The van der Waals surface area contributed by atoms with Gasteiger partial charge in [0, 0.05) is 31.6 Å². The maximum Gasteiger partial charge on any atom is 0.271 e. The van der Waals surface area contributed by atoms with E-state index in [1.807, 2.05) is 48.5 Å². The summed E-state index contributed by atoms with van der Waals surface area (Å²) in [5.74, 6) is 1.62. The predicted octanol–water partition coefficient (Wildman–Crippen LogP) is 3.34.